The Labute approximate surface area is 138 Å². The summed E-state index contributed by atoms with van der Waals surface area (Å²) in [6.45, 7) is 13.6. The van der Waals surface area contributed by atoms with E-state index in [0.717, 1.165) is 38.1 Å². The number of hydrogen-bond acceptors (Lipinski definition) is 3. The summed E-state index contributed by atoms with van der Waals surface area (Å²) in [5.74, 6) is 1.54. The highest BCUT2D eigenvalue weighted by Crippen LogP contribution is 2.34. The Morgan fingerprint density at radius 1 is 1.50 bits per heavy atom. The number of fused-ring (bicyclic) bond motifs is 1. The number of carbonyl (C=O) groups is 2. The predicted molar refractivity (Wildman–Crippen MR) is 93.7 cm³/mol. The van der Waals surface area contributed by atoms with Crippen LogP contribution in [0.3, 0.4) is 0 Å². The number of unbranched alkanes of at least 4 members (excludes halogenated alkanes) is 2. The molecule has 0 N–H and O–H groups in total. The Balaban J connectivity index is 0.000000249. The highest BCUT2D eigenvalue weighted by Gasteiger charge is 2.39. The van der Waals surface area contributed by atoms with Gasteiger partial charge in [0.05, 0.1) is 11.8 Å². The molecule has 0 unspecified atom stereocenters. The zero-order chi connectivity index (χ0) is 16.5. The molecule has 0 bridgehead atoms. The van der Waals surface area contributed by atoms with E-state index in [2.05, 4.69) is 20.1 Å². The lowest BCUT2D eigenvalue weighted by Crippen LogP contribution is -2.46. The van der Waals surface area contributed by atoms with Crippen molar-refractivity contribution in [2.75, 3.05) is 25.4 Å². The summed E-state index contributed by atoms with van der Waals surface area (Å²) in [6.07, 6.45) is 5.95. The van der Waals surface area contributed by atoms with Crippen LogP contribution >= 0.6 is 11.8 Å². The van der Waals surface area contributed by atoms with Crippen LogP contribution in [0.25, 0.3) is 0 Å². The van der Waals surface area contributed by atoms with Crippen LogP contribution in [0.5, 0.6) is 0 Å². The van der Waals surface area contributed by atoms with E-state index in [1.165, 1.54) is 6.42 Å². The Morgan fingerprint density at radius 2 is 2.23 bits per heavy atom. The molecular formula is C17H28N2O2S. The fraction of sp³-hybridized carbons (Fsp3) is 0.647. The van der Waals surface area contributed by atoms with Crippen molar-refractivity contribution in [1.29, 1.82) is 0 Å². The SMILES string of the molecule is C=CCN(CCCCC)C(=O)C(=C)C.O=C1C[C@H]2SCCN12. The van der Waals surface area contributed by atoms with Crippen LogP contribution in [0.1, 0.15) is 39.5 Å². The third kappa shape index (κ3) is 5.52. The fourth-order valence-corrected chi connectivity index (χ4v) is 3.62. The maximum absolute atomic E-state index is 11.6. The molecular weight excluding hydrogens is 296 g/mol. The molecule has 2 heterocycles. The molecule has 0 saturated carbocycles. The van der Waals surface area contributed by atoms with E-state index in [0.29, 0.717) is 23.4 Å². The monoisotopic (exact) mass is 324 g/mol. The van der Waals surface area contributed by atoms with Crippen LogP contribution in [0.15, 0.2) is 24.8 Å². The van der Waals surface area contributed by atoms with E-state index < -0.39 is 0 Å². The van der Waals surface area contributed by atoms with Gasteiger partial charge in [0.2, 0.25) is 11.8 Å². The van der Waals surface area contributed by atoms with Crippen LogP contribution in [-0.2, 0) is 9.59 Å². The van der Waals surface area contributed by atoms with Gasteiger partial charge in [0.1, 0.15) is 0 Å². The summed E-state index contributed by atoms with van der Waals surface area (Å²) in [7, 11) is 0. The van der Waals surface area contributed by atoms with Gasteiger partial charge < -0.3 is 9.80 Å². The number of hydrogen-bond donors (Lipinski definition) is 0. The maximum atomic E-state index is 11.6. The minimum atomic E-state index is 0.0426. The second kappa shape index (κ2) is 9.72. The molecule has 2 saturated heterocycles. The molecule has 2 rings (SSSR count). The summed E-state index contributed by atoms with van der Waals surface area (Å²) in [6, 6.07) is 0. The zero-order valence-electron chi connectivity index (χ0n) is 13.8. The number of amides is 2. The third-order valence-corrected chi connectivity index (χ3v) is 4.92. The summed E-state index contributed by atoms with van der Waals surface area (Å²) in [5.41, 5.74) is 0.600. The first-order valence-electron chi connectivity index (χ1n) is 7.98. The van der Waals surface area contributed by atoms with Crippen LogP contribution in [0, 0.1) is 0 Å². The summed E-state index contributed by atoms with van der Waals surface area (Å²) in [4.78, 5) is 26.0. The first kappa shape index (κ1) is 18.8. The highest BCUT2D eigenvalue weighted by molar-refractivity contribution is 8.00. The average molecular weight is 324 g/mol. The van der Waals surface area contributed by atoms with E-state index >= 15 is 0 Å². The number of carbonyl (C=O) groups excluding carboxylic acids is 2. The van der Waals surface area contributed by atoms with Crippen LogP contribution in [-0.4, -0.2) is 52.4 Å². The van der Waals surface area contributed by atoms with Crippen molar-refractivity contribution in [3.8, 4) is 0 Å². The number of thioether (sulfide) groups is 1. The molecule has 2 fully saturated rings. The third-order valence-electron chi connectivity index (χ3n) is 3.69. The Kier molecular flexibility index (Phi) is 8.31. The largest absolute Gasteiger partial charge is 0.335 e. The fourth-order valence-electron chi connectivity index (χ4n) is 2.38. The molecule has 1 atom stereocenters. The zero-order valence-corrected chi connectivity index (χ0v) is 14.7. The molecule has 0 aromatic carbocycles. The molecule has 0 spiro atoms. The van der Waals surface area contributed by atoms with Gasteiger partial charge in [-0.3, -0.25) is 9.59 Å². The van der Waals surface area contributed by atoms with E-state index in [9.17, 15) is 9.59 Å². The normalized spacial score (nSPS) is 18.7. The van der Waals surface area contributed by atoms with Crippen molar-refractivity contribution in [3.05, 3.63) is 24.8 Å². The van der Waals surface area contributed by atoms with Crippen molar-refractivity contribution in [3.63, 3.8) is 0 Å². The molecule has 0 radical (unpaired) electrons. The lowest BCUT2D eigenvalue weighted by atomic mass is 10.2. The quantitative estimate of drug-likeness (QED) is 0.313. The number of β-lactam (4-membered cyclic amide) rings is 1. The van der Waals surface area contributed by atoms with E-state index in [1.54, 1.807) is 17.9 Å². The smallest absolute Gasteiger partial charge is 0.249 e. The lowest BCUT2D eigenvalue weighted by Gasteiger charge is -2.32. The second-order valence-corrected chi connectivity index (χ2v) is 6.93. The van der Waals surface area contributed by atoms with Crippen molar-refractivity contribution in [2.45, 2.75) is 44.9 Å². The molecule has 5 heteroatoms. The molecule has 0 aliphatic carbocycles. The van der Waals surface area contributed by atoms with Crippen molar-refractivity contribution < 1.29 is 9.59 Å². The molecule has 2 aliphatic rings. The highest BCUT2D eigenvalue weighted by atomic mass is 32.2. The minimum absolute atomic E-state index is 0.0426. The molecule has 4 nitrogen and oxygen atoms in total. The number of nitrogens with zero attached hydrogens (tertiary/aromatic N) is 2. The van der Waals surface area contributed by atoms with Gasteiger partial charge in [-0.15, -0.1) is 18.3 Å². The first-order chi connectivity index (χ1) is 10.5. The molecule has 124 valence electrons. The average Bonchev–Trinajstić information content (AvgIpc) is 2.87. The minimum Gasteiger partial charge on any atom is -0.335 e. The summed E-state index contributed by atoms with van der Waals surface area (Å²) < 4.78 is 0. The van der Waals surface area contributed by atoms with Gasteiger partial charge in [-0.05, 0) is 13.3 Å². The topological polar surface area (TPSA) is 40.6 Å². The van der Waals surface area contributed by atoms with Gasteiger partial charge in [-0.1, -0.05) is 32.4 Å². The summed E-state index contributed by atoms with van der Waals surface area (Å²) in [5, 5.41) is 0.572. The van der Waals surface area contributed by atoms with Gasteiger partial charge in [0.15, 0.2) is 0 Å². The van der Waals surface area contributed by atoms with Gasteiger partial charge in [0.25, 0.3) is 0 Å². The molecule has 2 aliphatic heterocycles. The standard InChI is InChI=1S/C12H21NO.C5H7NOS/c1-5-7-8-10-13(9-6-2)12(14)11(3)4;7-4-3-5-6(4)1-2-8-5/h6H,2-3,5,7-10H2,1,4H3;5H,1-3H2/t;5-/m.1/s1. The molecule has 0 aromatic heterocycles. The van der Waals surface area contributed by atoms with Gasteiger partial charge in [0, 0.05) is 31.0 Å². The van der Waals surface area contributed by atoms with Crippen LogP contribution < -0.4 is 0 Å². The second-order valence-electron chi connectivity index (χ2n) is 5.64. The van der Waals surface area contributed by atoms with Crippen molar-refractivity contribution in [2.24, 2.45) is 0 Å². The molecule has 0 aromatic rings. The lowest BCUT2D eigenvalue weighted by molar-refractivity contribution is -0.140. The van der Waals surface area contributed by atoms with Crippen LogP contribution in [0.4, 0.5) is 0 Å². The van der Waals surface area contributed by atoms with Gasteiger partial charge >= 0.3 is 0 Å². The van der Waals surface area contributed by atoms with E-state index in [1.807, 2.05) is 16.7 Å². The number of rotatable bonds is 7. The van der Waals surface area contributed by atoms with Crippen LogP contribution in [0.2, 0.25) is 0 Å². The van der Waals surface area contributed by atoms with Gasteiger partial charge in [-0.2, -0.15) is 0 Å². The van der Waals surface area contributed by atoms with Crippen molar-refractivity contribution >= 4 is 23.6 Å². The Hall–Kier alpha value is -1.23. The predicted octanol–water partition coefficient (Wildman–Crippen LogP) is 3.06. The first-order valence-corrected chi connectivity index (χ1v) is 9.02. The maximum Gasteiger partial charge on any atom is 0.249 e. The Bertz CT molecular complexity index is 423. The van der Waals surface area contributed by atoms with Gasteiger partial charge in [-0.25, -0.2) is 0 Å². The molecule has 2 amide bonds. The van der Waals surface area contributed by atoms with Crippen molar-refractivity contribution in [1.82, 2.24) is 9.80 Å². The summed E-state index contributed by atoms with van der Waals surface area (Å²) >= 11 is 1.90. The van der Waals surface area contributed by atoms with E-state index in [4.69, 9.17) is 0 Å². The Morgan fingerprint density at radius 3 is 2.68 bits per heavy atom. The molecule has 22 heavy (non-hydrogen) atoms. The van der Waals surface area contributed by atoms with E-state index in [-0.39, 0.29) is 5.91 Å².